The van der Waals surface area contributed by atoms with Gasteiger partial charge in [-0.3, -0.25) is 9.59 Å². The normalized spacial score (nSPS) is 13.3. The van der Waals surface area contributed by atoms with Crippen molar-refractivity contribution in [2.45, 2.75) is 25.7 Å². The number of aromatic hydroxyl groups is 1. The topological polar surface area (TPSA) is 109 Å². The van der Waals surface area contributed by atoms with Gasteiger partial charge in [-0.2, -0.15) is 0 Å². The van der Waals surface area contributed by atoms with E-state index < -0.39 is 11.5 Å². The lowest BCUT2D eigenvalue weighted by Crippen LogP contribution is -2.15. The summed E-state index contributed by atoms with van der Waals surface area (Å²) in [6.45, 7) is 0. The van der Waals surface area contributed by atoms with E-state index in [2.05, 4.69) is 10.6 Å². The highest BCUT2D eigenvalue weighted by atomic mass is 16.4. The van der Waals surface area contributed by atoms with E-state index in [1.807, 2.05) is 0 Å². The Kier molecular flexibility index (Phi) is 4.83. The van der Waals surface area contributed by atoms with Crippen LogP contribution in [-0.4, -0.2) is 16.9 Å². The second-order valence-corrected chi connectivity index (χ2v) is 6.06. The van der Waals surface area contributed by atoms with Crippen molar-refractivity contribution in [3.05, 3.63) is 52.6 Å². The summed E-state index contributed by atoms with van der Waals surface area (Å²) in [6, 6.07) is 8.57. The second kappa shape index (κ2) is 7.21. The molecule has 3 rings (SSSR count). The molecule has 0 bridgehead atoms. The van der Waals surface area contributed by atoms with Crippen molar-refractivity contribution in [3.8, 4) is 5.75 Å². The summed E-state index contributed by atoms with van der Waals surface area (Å²) in [5.41, 5.74) is 0.175. The zero-order valence-electron chi connectivity index (χ0n) is 13.5. The van der Waals surface area contributed by atoms with E-state index in [1.54, 1.807) is 24.3 Å². The maximum Gasteiger partial charge on any atom is 0.340 e. The van der Waals surface area contributed by atoms with Crippen LogP contribution in [0, 0.1) is 5.92 Å². The van der Waals surface area contributed by atoms with Gasteiger partial charge in [0.25, 0.3) is 5.91 Å². The van der Waals surface area contributed by atoms with Crippen molar-refractivity contribution in [2.24, 2.45) is 5.92 Å². The standard InChI is InChI=1S/C18H18N2O5/c21-14-9-15(25-17(23)10-14)18(24)20-13-3-1-2-12(8-13)19-16(22)7-6-11-4-5-11/h1-3,8-11,21H,4-7H2,(H,19,22)(H,20,24). The average molecular weight is 342 g/mol. The number of benzene rings is 1. The van der Waals surface area contributed by atoms with Gasteiger partial charge >= 0.3 is 5.63 Å². The molecule has 2 aromatic rings. The van der Waals surface area contributed by atoms with Gasteiger partial charge in [-0.05, 0) is 30.5 Å². The van der Waals surface area contributed by atoms with Gasteiger partial charge in [0.2, 0.25) is 5.91 Å². The fraction of sp³-hybridized carbons (Fsp3) is 0.278. The number of anilines is 2. The molecule has 0 atom stereocenters. The summed E-state index contributed by atoms with van der Waals surface area (Å²) < 4.78 is 4.75. The molecule has 2 amide bonds. The van der Waals surface area contributed by atoms with Gasteiger partial charge in [0.05, 0.1) is 6.07 Å². The fourth-order valence-electron chi connectivity index (χ4n) is 2.41. The molecule has 1 aromatic carbocycles. The van der Waals surface area contributed by atoms with E-state index in [1.165, 1.54) is 12.8 Å². The van der Waals surface area contributed by atoms with Crippen molar-refractivity contribution in [2.75, 3.05) is 10.6 Å². The molecule has 7 heteroatoms. The summed E-state index contributed by atoms with van der Waals surface area (Å²) >= 11 is 0. The van der Waals surface area contributed by atoms with Crippen molar-refractivity contribution in [3.63, 3.8) is 0 Å². The van der Waals surface area contributed by atoms with E-state index in [-0.39, 0.29) is 17.4 Å². The summed E-state index contributed by atoms with van der Waals surface area (Å²) in [6.07, 6.45) is 3.80. The van der Waals surface area contributed by atoms with E-state index >= 15 is 0 Å². The molecular weight excluding hydrogens is 324 g/mol. The third-order valence-corrected chi connectivity index (χ3v) is 3.86. The average Bonchev–Trinajstić information content (AvgIpc) is 3.36. The predicted octanol–water partition coefficient (Wildman–Crippen LogP) is 2.73. The highest BCUT2D eigenvalue weighted by Gasteiger charge is 2.21. The second-order valence-electron chi connectivity index (χ2n) is 6.06. The van der Waals surface area contributed by atoms with Crippen LogP contribution < -0.4 is 16.3 Å². The van der Waals surface area contributed by atoms with Crippen LogP contribution in [0.4, 0.5) is 11.4 Å². The predicted molar refractivity (Wildman–Crippen MR) is 91.6 cm³/mol. The molecule has 0 aliphatic heterocycles. The third kappa shape index (κ3) is 4.94. The Morgan fingerprint density at radius 2 is 1.84 bits per heavy atom. The summed E-state index contributed by atoms with van der Waals surface area (Å²) in [5, 5.41) is 14.7. The van der Waals surface area contributed by atoms with E-state index in [0.717, 1.165) is 18.6 Å². The number of carbonyl (C=O) groups excluding carboxylic acids is 2. The van der Waals surface area contributed by atoms with E-state index in [0.29, 0.717) is 23.7 Å². The molecule has 130 valence electrons. The van der Waals surface area contributed by atoms with Gasteiger partial charge in [0.1, 0.15) is 5.75 Å². The number of carbonyl (C=O) groups is 2. The van der Waals surface area contributed by atoms with Crippen molar-refractivity contribution in [1.29, 1.82) is 0 Å². The zero-order valence-corrected chi connectivity index (χ0v) is 13.5. The first-order valence-corrected chi connectivity index (χ1v) is 8.05. The quantitative estimate of drug-likeness (QED) is 0.748. The lowest BCUT2D eigenvalue weighted by molar-refractivity contribution is -0.116. The first kappa shape index (κ1) is 16.8. The molecular formula is C18H18N2O5. The Morgan fingerprint density at radius 1 is 1.12 bits per heavy atom. The maximum atomic E-state index is 12.1. The van der Waals surface area contributed by atoms with Crippen LogP contribution in [0.3, 0.4) is 0 Å². The number of rotatable bonds is 6. The minimum atomic E-state index is -0.818. The van der Waals surface area contributed by atoms with Crippen molar-refractivity contribution < 1.29 is 19.1 Å². The molecule has 3 N–H and O–H groups in total. The Hall–Kier alpha value is -3.09. The number of nitrogens with one attached hydrogen (secondary N) is 2. The van der Waals surface area contributed by atoms with Gasteiger partial charge in [-0.25, -0.2) is 4.79 Å². The van der Waals surface area contributed by atoms with Crippen LogP contribution in [0.1, 0.15) is 36.2 Å². The molecule has 0 saturated heterocycles. The SMILES string of the molecule is O=C(CCC1CC1)Nc1cccc(NC(=O)c2cc(O)cc(=O)o2)c1. The molecule has 1 fully saturated rings. The van der Waals surface area contributed by atoms with Gasteiger partial charge in [0.15, 0.2) is 5.76 Å². The highest BCUT2D eigenvalue weighted by Crippen LogP contribution is 2.33. The minimum Gasteiger partial charge on any atom is -0.508 e. The first-order valence-electron chi connectivity index (χ1n) is 8.05. The number of hydrogen-bond donors (Lipinski definition) is 3. The first-order chi connectivity index (χ1) is 12.0. The summed E-state index contributed by atoms with van der Waals surface area (Å²) in [7, 11) is 0. The molecule has 7 nitrogen and oxygen atoms in total. The number of amides is 2. The smallest absolute Gasteiger partial charge is 0.340 e. The molecule has 1 aliphatic rings. The largest absolute Gasteiger partial charge is 0.508 e. The van der Waals surface area contributed by atoms with E-state index in [9.17, 15) is 19.5 Å². The highest BCUT2D eigenvalue weighted by molar-refractivity contribution is 6.02. The van der Waals surface area contributed by atoms with Gasteiger partial charge in [0, 0.05) is 23.9 Å². The molecule has 1 heterocycles. The van der Waals surface area contributed by atoms with Crippen LogP contribution in [0.25, 0.3) is 0 Å². The van der Waals surface area contributed by atoms with Crippen LogP contribution >= 0.6 is 0 Å². The summed E-state index contributed by atoms with van der Waals surface area (Å²) in [4.78, 5) is 35.2. The number of hydrogen-bond acceptors (Lipinski definition) is 5. The lowest BCUT2D eigenvalue weighted by Gasteiger charge is -2.08. The lowest BCUT2D eigenvalue weighted by atomic mass is 10.2. The van der Waals surface area contributed by atoms with Gasteiger partial charge in [-0.1, -0.05) is 18.9 Å². The summed E-state index contributed by atoms with van der Waals surface area (Å²) in [5.74, 6) is -0.699. The molecule has 25 heavy (non-hydrogen) atoms. The third-order valence-electron chi connectivity index (χ3n) is 3.86. The van der Waals surface area contributed by atoms with Crippen LogP contribution in [-0.2, 0) is 4.79 Å². The van der Waals surface area contributed by atoms with Crippen LogP contribution in [0.5, 0.6) is 5.75 Å². The van der Waals surface area contributed by atoms with Crippen molar-refractivity contribution >= 4 is 23.2 Å². The zero-order chi connectivity index (χ0) is 17.8. The Labute approximate surface area is 143 Å². The van der Waals surface area contributed by atoms with Gasteiger partial charge in [-0.15, -0.1) is 0 Å². The molecule has 0 spiro atoms. The Morgan fingerprint density at radius 3 is 2.52 bits per heavy atom. The van der Waals surface area contributed by atoms with E-state index in [4.69, 9.17) is 4.42 Å². The van der Waals surface area contributed by atoms with Crippen LogP contribution in [0.2, 0.25) is 0 Å². The van der Waals surface area contributed by atoms with Gasteiger partial charge < -0.3 is 20.2 Å². The molecule has 0 radical (unpaired) electrons. The monoisotopic (exact) mass is 342 g/mol. The Balaban J connectivity index is 1.63. The molecule has 1 aliphatic carbocycles. The molecule has 1 aromatic heterocycles. The molecule has 1 saturated carbocycles. The molecule has 0 unspecified atom stereocenters. The van der Waals surface area contributed by atoms with Crippen molar-refractivity contribution in [1.82, 2.24) is 0 Å². The maximum absolute atomic E-state index is 12.1. The minimum absolute atomic E-state index is 0.0608. The van der Waals surface area contributed by atoms with Crippen LogP contribution in [0.15, 0.2) is 45.6 Å². The Bertz CT molecular complexity index is 855. The fourth-order valence-corrected chi connectivity index (χ4v) is 2.41.